The first kappa shape index (κ1) is 17.1. The summed E-state index contributed by atoms with van der Waals surface area (Å²) >= 11 is 8.48. The maximum absolute atomic E-state index is 5.83. The zero-order valence-electron chi connectivity index (χ0n) is 13.8. The minimum atomic E-state index is -0.0234. The Morgan fingerprint density at radius 1 is 1.04 bits per heavy atom. The van der Waals surface area contributed by atoms with Gasteiger partial charge in [0.25, 0.3) is 0 Å². The lowest BCUT2D eigenvalue weighted by atomic mass is 10.2. The van der Waals surface area contributed by atoms with Crippen LogP contribution in [0.15, 0.2) is 69.4 Å². The van der Waals surface area contributed by atoms with E-state index in [1.807, 2.05) is 67.6 Å². The lowest BCUT2D eigenvalue weighted by molar-refractivity contribution is 0.509. The van der Waals surface area contributed by atoms with Gasteiger partial charge in [0, 0.05) is 5.56 Å². The number of benzene rings is 2. The van der Waals surface area contributed by atoms with E-state index in [2.05, 4.69) is 15.3 Å². The van der Waals surface area contributed by atoms with E-state index in [0.717, 1.165) is 15.6 Å². The van der Waals surface area contributed by atoms with Crippen molar-refractivity contribution in [1.29, 1.82) is 0 Å². The van der Waals surface area contributed by atoms with Crippen LogP contribution in [0.2, 0.25) is 0 Å². The molecule has 0 unspecified atom stereocenters. The van der Waals surface area contributed by atoms with Crippen LogP contribution < -0.4 is 0 Å². The molecule has 2 aromatic heterocycles. The van der Waals surface area contributed by atoms with Gasteiger partial charge >= 0.3 is 0 Å². The van der Waals surface area contributed by atoms with Crippen molar-refractivity contribution in [3.05, 3.63) is 70.5 Å². The summed E-state index contributed by atoms with van der Waals surface area (Å²) < 4.78 is 9.18. The monoisotopic (exact) mass is 398 g/mol. The Morgan fingerprint density at radius 2 is 1.73 bits per heavy atom. The highest BCUT2D eigenvalue weighted by atomic mass is 32.2. The maximum Gasteiger partial charge on any atom is 0.247 e. The number of hydrogen-bond donors (Lipinski definition) is 0. The van der Waals surface area contributed by atoms with Crippen molar-refractivity contribution in [3.8, 4) is 17.1 Å². The second-order valence-electron chi connectivity index (χ2n) is 5.45. The van der Waals surface area contributed by atoms with E-state index in [9.17, 15) is 0 Å². The molecule has 0 radical (unpaired) electrons. The van der Waals surface area contributed by atoms with Gasteiger partial charge < -0.3 is 4.42 Å². The fraction of sp³-hybridized carbons (Fsp3) is 0.111. The highest BCUT2D eigenvalue weighted by molar-refractivity contribution is 8.01. The third-order valence-electron chi connectivity index (χ3n) is 3.62. The van der Waals surface area contributed by atoms with Crippen LogP contribution in [-0.4, -0.2) is 20.0 Å². The van der Waals surface area contributed by atoms with Gasteiger partial charge in [0.1, 0.15) is 0 Å². The van der Waals surface area contributed by atoms with Crippen LogP contribution >= 0.6 is 35.3 Å². The van der Waals surface area contributed by atoms with Crippen LogP contribution in [0, 0.1) is 3.95 Å². The zero-order chi connectivity index (χ0) is 17.9. The maximum atomic E-state index is 5.83. The van der Waals surface area contributed by atoms with Gasteiger partial charge in [0.15, 0.2) is 8.29 Å². The lowest BCUT2D eigenvalue weighted by Crippen LogP contribution is -1.96. The molecule has 5 nitrogen and oxygen atoms in total. The summed E-state index contributed by atoms with van der Waals surface area (Å²) in [4.78, 5) is 0. The Bertz CT molecular complexity index is 1060. The Morgan fingerprint density at radius 3 is 2.46 bits per heavy atom. The summed E-state index contributed by atoms with van der Waals surface area (Å²) in [5.74, 6) is 1.09. The molecule has 4 aromatic rings. The van der Waals surface area contributed by atoms with E-state index in [-0.39, 0.29) is 5.25 Å². The summed E-state index contributed by atoms with van der Waals surface area (Å²) in [5, 5.41) is 12.9. The molecule has 2 heterocycles. The smallest absolute Gasteiger partial charge is 0.247 e. The zero-order valence-corrected chi connectivity index (χ0v) is 16.2. The number of hydrogen-bond acceptors (Lipinski definition) is 7. The summed E-state index contributed by atoms with van der Waals surface area (Å²) in [6.45, 7) is 2.02. The fourth-order valence-corrected chi connectivity index (χ4v) is 4.87. The second-order valence-corrected chi connectivity index (χ2v) is 8.66. The first-order chi connectivity index (χ1) is 12.7. The largest absolute Gasteiger partial charge is 0.419 e. The van der Waals surface area contributed by atoms with Gasteiger partial charge in [-0.3, -0.25) is 0 Å². The van der Waals surface area contributed by atoms with Gasteiger partial charge in [-0.1, -0.05) is 59.5 Å². The normalized spacial score (nSPS) is 12.2. The van der Waals surface area contributed by atoms with Crippen molar-refractivity contribution >= 4 is 35.3 Å². The Labute approximate surface area is 163 Å². The molecule has 0 fully saturated rings. The van der Waals surface area contributed by atoms with Gasteiger partial charge in [0.2, 0.25) is 11.8 Å². The van der Waals surface area contributed by atoms with E-state index in [1.165, 1.54) is 11.3 Å². The van der Waals surface area contributed by atoms with Crippen molar-refractivity contribution in [2.45, 2.75) is 16.5 Å². The van der Waals surface area contributed by atoms with Gasteiger partial charge in [-0.05, 0) is 43.4 Å². The highest BCUT2D eigenvalue weighted by Crippen LogP contribution is 2.36. The molecule has 0 saturated carbocycles. The molecule has 0 spiro atoms. The van der Waals surface area contributed by atoms with Crippen molar-refractivity contribution in [1.82, 2.24) is 20.0 Å². The van der Waals surface area contributed by atoms with Crippen molar-refractivity contribution in [2.75, 3.05) is 0 Å². The van der Waals surface area contributed by atoms with E-state index in [4.69, 9.17) is 16.6 Å². The summed E-state index contributed by atoms with van der Waals surface area (Å²) in [6.07, 6.45) is 0. The Balaban J connectivity index is 1.53. The predicted octanol–water partition coefficient (Wildman–Crippen LogP) is 5.57. The molecule has 26 heavy (non-hydrogen) atoms. The van der Waals surface area contributed by atoms with Crippen LogP contribution in [0.1, 0.15) is 18.1 Å². The second kappa shape index (κ2) is 7.53. The number of nitrogens with zero attached hydrogens (tertiary/aromatic N) is 4. The predicted molar refractivity (Wildman–Crippen MR) is 106 cm³/mol. The summed E-state index contributed by atoms with van der Waals surface area (Å²) in [7, 11) is 0. The van der Waals surface area contributed by atoms with Crippen LogP contribution in [-0.2, 0) is 0 Å². The molecule has 0 saturated heterocycles. The molecule has 8 heteroatoms. The third-order valence-corrected chi connectivity index (χ3v) is 6.02. The molecular weight excluding hydrogens is 384 g/mol. The Kier molecular flexibility index (Phi) is 4.96. The molecule has 0 aliphatic carbocycles. The van der Waals surface area contributed by atoms with E-state index in [0.29, 0.717) is 15.7 Å². The van der Waals surface area contributed by atoms with Gasteiger partial charge in [0.05, 0.1) is 10.9 Å². The quantitative estimate of drug-likeness (QED) is 0.324. The van der Waals surface area contributed by atoms with E-state index in [1.54, 1.807) is 16.4 Å². The molecule has 0 N–H and O–H groups in total. The van der Waals surface area contributed by atoms with Crippen molar-refractivity contribution in [2.24, 2.45) is 0 Å². The molecule has 0 bridgehead atoms. The average Bonchev–Trinajstić information content (AvgIpc) is 3.30. The average molecular weight is 399 g/mol. The molecule has 0 aliphatic rings. The van der Waals surface area contributed by atoms with Gasteiger partial charge in [-0.2, -0.15) is 0 Å². The molecular formula is C18H14N4OS3. The van der Waals surface area contributed by atoms with E-state index < -0.39 is 0 Å². The van der Waals surface area contributed by atoms with Crippen LogP contribution in [0.5, 0.6) is 0 Å². The van der Waals surface area contributed by atoms with Crippen LogP contribution in [0.3, 0.4) is 0 Å². The number of rotatable bonds is 5. The van der Waals surface area contributed by atoms with Gasteiger partial charge in [-0.25, -0.2) is 4.68 Å². The summed E-state index contributed by atoms with van der Waals surface area (Å²) in [6, 6.07) is 19.6. The topological polar surface area (TPSA) is 56.7 Å². The first-order valence-electron chi connectivity index (χ1n) is 7.92. The minimum absolute atomic E-state index is 0.0234. The highest BCUT2D eigenvalue weighted by Gasteiger charge is 2.18. The molecule has 1 atom stereocenters. The lowest BCUT2D eigenvalue weighted by Gasteiger charge is -2.03. The first-order valence-corrected chi connectivity index (χ1v) is 10.0. The fourth-order valence-electron chi connectivity index (χ4n) is 2.34. The SMILES string of the molecule is C[C@H](Sc1nn(-c2ccccc2)c(=S)s1)c1nnc(-c2ccccc2)o1. The van der Waals surface area contributed by atoms with E-state index >= 15 is 0 Å². The third kappa shape index (κ3) is 3.62. The number of para-hydroxylation sites is 1. The molecule has 130 valence electrons. The summed E-state index contributed by atoms with van der Waals surface area (Å²) in [5.41, 5.74) is 1.87. The Hall–Kier alpha value is -2.29. The molecule has 2 aromatic carbocycles. The molecule has 4 rings (SSSR count). The molecule has 0 aliphatic heterocycles. The van der Waals surface area contributed by atoms with Crippen LogP contribution in [0.25, 0.3) is 17.1 Å². The minimum Gasteiger partial charge on any atom is -0.419 e. The number of thioether (sulfide) groups is 1. The van der Waals surface area contributed by atoms with Crippen LogP contribution in [0.4, 0.5) is 0 Å². The standard InChI is InChI=1S/C18H14N4OS3/c1-12(15-19-20-16(23-15)13-8-4-2-5-9-13)25-17-21-22(18(24)26-17)14-10-6-3-7-11-14/h2-12H,1H3/t12-/m0/s1. The van der Waals surface area contributed by atoms with Gasteiger partial charge in [-0.15, -0.1) is 15.3 Å². The number of aromatic nitrogens is 4. The van der Waals surface area contributed by atoms with Crippen molar-refractivity contribution < 1.29 is 4.42 Å². The van der Waals surface area contributed by atoms with Crippen molar-refractivity contribution in [3.63, 3.8) is 0 Å². The molecule has 0 amide bonds.